The molecule has 126 valence electrons. The maximum atomic E-state index is 12.4. The highest BCUT2D eigenvalue weighted by atomic mass is 32.1. The molecule has 0 atom stereocenters. The normalized spacial score (nSPS) is 20.4. The standard InChI is InChI=1S/C18H20N2O3S/c21-15-8-6-13(7-9-15)19-17(22)12-3-1-4-14(11-12)20-18(23)16-5-2-10-24-16/h1-5,10-11,13,15,21H,6-9H2,(H,19,22)(H,20,23). The molecule has 3 N–H and O–H groups in total. The molecule has 2 amide bonds. The molecule has 0 unspecified atom stereocenters. The number of thiophene rings is 1. The van der Waals surface area contributed by atoms with E-state index in [2.05, 4.69) is 10.6 Å². The van der Waals surface area contributed by atoms with Crippen molar-refractivity contribution in [3.8, 4) is 0 Å². The van der Waals surface area contributed by atoms with E-state index in [0.29, 0.717) is 16.1 Å². The molecule has 1 aliphatic rings. The fraction of sp³-hybridized carbons (Fsp3) is 0.333. The Kier molecular flexibility index (Phi) is 5.27. The van der Waals surface area contributed by atoms with Gasteiger partial charge in [-0.25, -0.2) is 0 Å². The second kappa shape index (κ2) is 7.59. The minimum absolute atomic E-state index is 0.102. The Morgan fingerprint density at radius 1 is 1.04 bits per heavy atom. The van der Waals surface area contributed by atoms with Gasteiger partial charge in [-0.3, -0.25) is 9.59 Å². The van der Waals surface area contributed by atoms with Crippen molar-refractivity contribution in [2.75, 3.05) is 5.32 Å². The van der Waals surface area contributed by atoms with Crippen LogP contribution in [0.3, 0.4) is 0 Å². The highest BCUT2D eigenvalue weighted by molar-refractivity contribution is 7.12. The summed E-state index contributed by atoms with van der Waals surface area (Å²) in [6, 6.07) is 10.6. The molecule has 5 nitrogen and oxygen atoms in total. The minimum atomic E-state index is -0.242. The van der Waals surface area contributed by atoms with Crippen molar-refractivity contribution in [3.63, 3.8) is 0 Å². The fourth-order valence-electron chi connectivity index (χ4n) is 2.83. The molecule has 24 heavy (non-hydrogen) atoms. The van der Waals surface area contributed by atoms with Crippen molar-refractivity contribution in [1.82, 2.24) is 5.32 Å². The van der Waals surface area contributed by atoms with Gasteiger partial charge in [0.25, 0.3) is 11.8 Å². The molecule has 1 aromatic carbocycles. The van der Waals surface area contributed by atoms with Crippen LogP contribution in [-0.2, 0) is 0 Å². The maximum absolute atomic E-state index is 12.4. The highest BCUT2D eigenvalue weighted by Crippen LogP contribution is 2.19. The molecule has 1 fully saturated rings. The van der Waals surface area contributed by atoms with Gasteiger partial charge < -0.3 is 15.7 Å². The van der Waals surface area contributed by atoms with Gasteiger partial charge in [-0.2, -0.15) is 0 Å². The second-order valence-corrected chi connectivity index (χ2v) is 6.94. The van der Waals surface area contributed by atoms with Crippen molar-refractivity contribution in [2.45, 2.75) is 37.8 Å². The maximum Gasteiger partial charge on any atom is 0.265 e. The predicted molar refractivity (Wildman–Crippen MR) is 94.4 cm³/mol. The van der Waals surface area contributed by atoms with Gasteiger partial charge in [0.1, 0.15) is 0 Å². The van der Waals surface area contributed by atoms with E-state index in [1.165, 1.54) is 11.3 Å². The zero-order valence-electron chi connectivity index (χ0n) is 13.2. The van der Waals surface area contributed by atoms with Crippen LogP contribution in [0.5, 0.6) is 0 Å². The number of carbonyl (C=O) groups is 2. The third kappa shape index (κ3) is 4.21. The smallest absolute Gasteiger partial charge is 0.265 e. The molecule has 1 saturated carbocycles. The second-order valence-electron chi connectivity index (χ2n) is 5.99. The van der Waals surface area contributed by atoms with Crippen LogP contribution < -0.4 is 10.6 Å². The molecule has 3 rings (SSSR count). The van der Waals surface area contributed by atoms with Crippen molar-refractivity contribution in [2.24, 2.45) is 0 Å². The number of aliphatic hydroxyl groups excluding tert-OH is 1. The van der Waals surface area contributed by atoms with Gasteiger partial charge in [-0.1, -0.05) is 12.1 Å². The van der Waals surface area contributed by atoms with Crippen LogP contribution in [0.25, 0.3) is 0 Å². The Morgan fingerprint density at radius 3 is 2.54 bits per heavy atom. The number of rotatable bonds is 4. The predicted octanol–water partition coefficient (Wildman–Crippen LogP) is 3.03. The Bertz CT molecular complexity index is 707. The summed E-state index contributed by atoms with van der Waals surface area (Å²) in [7, 11) is 0. The average Bonchev–Trinajstić information content (AvgIpc) is 3.12. The molecule has 0 spiro atoms. The SMILES string of the molecule is O=C(NC1CCC(O)CC1)c1cccc(NC(=O)c2cccs2)c1. The molecule has 1 heterocycles. The summed E-state index contributed by atoms with van der Waals surface area (Å²) in [5, 5.41) is 17.2. The summed E-state index contributed by atoms with van der Waals surface area (Å²) in [6.07, 6.45) is 2.79. The first kappa shape index (κ1) is 16.7. The van der Waals surface area contributed by atoms with Crippen LogP contribution in [0.1, 0.15) is 45.7 Å². The first-order valence-corrected chi connectivity index (χ1v) is 8.93. The summed E-state index contributed by atoms with van der Waals surface area (Å²) in [6.45, 7) is 0. The van der Waals surface area contributed by atoms with Crippen LogP contribution in [0.4, 0.5) is 5.69 Å². The third-order valence-corrected chi connectivity index (χ3v) is 5.03. The number of benzene rings is 1. The van der Waals surface area contributed by atoms with E-state index >= 15 is 0 Å². The molecule has 6 heteroatoms. The lowest BCUT2D eigenvalue weighted by atomic mass is 9.93. The van der Waals surface area contributed by atoms with Gasteiger partial charge in [-0.15, -0.1) is 11.3 Å². The Hall–Kier alpha value is -2.18. The summed E-state index contributed by atoms with van der Waals surface area (Å²) < 4.78 is 0. The highest BCUT2D eigenvalue weighted by Gasteiger charge is 2.21. The first-order valence-electron chi connectivity index (χ1n) is 8.05. The van der Waals surface area contributed by atoms with E-state index < -0.39 is 0 Å². The zero-order chi connectivity index (χ0) is 16.9. The molecule has 1 aromatic heterocycles. The largest absolute Gasteiger partial charge is 0.393 e. The van der Waals surface area contributed by atoms with E-state index in [4.69, 9.17) is 0 Å². The van der Waals surface area contributed by atoms with Gasteiger partial charge in [0.05, 0.1) is 11.0 Å². The number of hydrogen-bond acceptors (Lipinski definition) is 4. The lowest BCUT2D eigenvalue weighted by Crippen LogP contribution is -2.38. The zero-order valence-corrected chi connectivity index (χ0v) is 14.0. The van der Waals surface area contributed by atoms with Gasteiger partial charge in [-0.05, 0) is 55.3 Å². The molecule has 0 saturated heterocycles. The van der Waals surface area contributed by atoms with Gasteiger partial charge in [0.2, 0.25) is 0 Å². The van der Waals surface area contributed by atoms with Gasteiger partial charge in [0, 0.05) is 17.3 Å². The molecule has 0 bridgehead atoms. The third-order valence-electron chi connectivity index (χ3n) is 4.16. The molecule has 0 aliphatic heterocycles. The van der Waals surface area contributed by atoms with Crippen LogP contribution >= 0.6 is 11.3 Å². The van der Waals surface area contributed by atoms with Crippen molar-refractivity contribution < 1.29 is 14.7 Å². The van der Waals surface area contributed by atoms with Crippen LogP contribution in [-0.4, -0.2) is 29.1 Å². The van der Waals surface area contributed by atoms with Gasteiger partial charge in [0.15, 0.2) is 0 Å². The number of nitrogens with one attached hydrogen (secondary N) is 2. The van der Waals surface area contributed by atoms with E-state index in [0.717, 1.165) is 25.7 Å². The molecular weight excluding hydrogens is 324 g/mol. The van der Waals surface area contributed by atoms with Crippen molar-refractivity contribution in [3.05, 3.63) is 52.2 Å². The topological polar surface area (TPSA) is 78.4 Å². The summed E-state index contributed by atoms with van der Waals surface area (Å²) in [4.78, 5) is 25.1. The van der Waals surface area contributed by atoms with Crippen molar-refractivity contribution in [1.29, 1.82) is 0 Å². The summed E-state index contributed by atoms with van der Waals surface area (Å²) in [5.74, 6) is -0.326. The molecule has 1 aliphatic carbocycles. The summed E-state index contributed by atoms with van der Waals surface area (Å²) in [5.41, 5.74) is 1.12. The van der Waals surface area contributed by atoms with E-state index in [1.54, 1.807) is 30.3 Å². The number of aliphatic hydroxyl groups is 1. The fourth-order valence-corrected chi connectivity index (χ4v) is 3.45. The van der Waals surface area contributed by atoms with E-state index in [9.17, 15) is 14.7 Å². The Balaban J connectivity index is 1.62. The van der Waals surface area contributed by atoms with Gasteiger partial charge >= 0.3 is 0 Å². The van der Waals surface area contributed by atoms with E-state index in [-0.39, 0.29) is 24.0 Å². The molecule has 2 aromatic rings. The lowest BCUT2D eigenvalue weighted by molar-refractivity contribution is 0.0867. The first-order chi connectivity index (χ1) is 11.6. The lowest BCUT2D eigenvalue weighted by Gasteiger charge is -2.26. The Morgan fingerprint density at radius 2 is 1.83 bits per heavy atom. The Labute approximate surface area is 144 Å². The summed E-state index contributed by atoms with van der Waals surface area (Å²) >= 11 is 1.37. The minimum Gasteiger partial charge on any atom is -0.393 e. The van der Waals surface area contributed by atoms with Crippen LogP contribution in [0.2, 0.25) is 0 Å². The van der Waals surface area contributed by atoms with Crippen molar-refractivity contribution >= 4 is 28.8 Å². The number of anilines is 1. The number of carbonyl (C=O) groups excluding carboxylic acids is 2. The quantitative estimate of drug-likeness (QED) is 0.798. The number of hydrogen-bond donors (Lipinski definition) is 3. The van der Waals surface area contributed by atoms with Crippen LogP contribution in [0, 0.1) is 0 Å². The average molecular weight is 344 g/mol. The molecule has 0 radical (unpaired) electrons. The number of amides is 2. The van der Waals surface area contributed by atoms with E-state index in [1.807, 2.05) is 11.4 Å². The molecular formula is C18H20N2O3S. The van der Waals surface area contributed by atoms with Crippen LogP contribution in [0.15, 0.2) is 41.8 Å². The monoisotopic (exact) mass is 344 g/mol.